The lowest BCUT2D eigenvalue weighted by molar-refractivity contribution is 0.665. The molecule has 15 heavy (non-hydrogen) atoms. The molecule has 0 bridgehead atoms. The van der Waals surface area contributed by atoms with Gasteiger partial charge in [-0.2, -0.15) is 0 Å². The van der Waals surface area contributed by atoms with E-state index in [4.69, 9.17) is 9.07 Å². The Morgan fingerprint density at radius 1 is 1.07 bits per heavy atom. The SMILES string of the molecule is CCCCCCc1ccccc1[CH2][Mg][Cl]. The molecule has 0 unspecified atom stereocenters. The molecule has 1 aromatic carbocycles. The van der Waals surface area contributed by atoms with Crippen molar-refractivity contribution in [2.24, 2.45) is 0 Å². The van der Waals surface area contributed by atoms with E-state index in [1.165, 1.54) is 43.2 Å². The molecule has 0 amide bonds. The minimum absolute atomic E-state index is 0.366. The van der Waals surface area contributed by atoms with Gasteiger partial charge in [0.1, 0.15) is 0 Å². The topological polar surface area (TPSA) is 0 Å². The second-order valence-corrected chi connectivity index (χ2v) is 6.03. The summed E-state index contributed by atoms with van der Waals surface area (Å²) in [5.41, 5.74) is 3.03. The number of halogens is 1. The summed E-state index contributed by atoms with van der Waals surface area (Å²) in [6.45, 7) is 2.26. The van der Waals surface area contributed by atoms with Gasteiger partial charge in [-0.15, -0.1) is 0 Å². The van der Waals surface area contributed by atoms with Crippen molar-refractivity contribution in [2.45, 2.75) is 43.6 Å². The zero-order valence-electron chi connectivity index (χ0n) is 9.64. The highest BCUT2D eigenvalue weighted by molar-refractivity contribution is 6.93. The van der Waals surface area contributed by atoms with Crippen molar-refractivity contribution >= 4 is 28.3 Å². The average Bonchev–Trinajstić information content (AvgIpc) is 2.27. The Balaban J connectivity index is 2.44. The van der Waals surface area contributed by atoms with Crippen molar-refractivity contribution < 1.29 is 0 Å². The maximum Gasteiger partial charge on any atom is 0.505 e. The molecule has 0 aliphatic rings. The van der Waals surface area contributed by atoms with Gasteiger partial charge in [-0.25, -0.2) is 0 Å². The molecule has 0 nitrogen and oxygen atoms in total. The third kappa shape index (κ3) is 5.23. The minimum Gasteiger partial charge on any atom is -0.345 e. The van der Waals surface area contributed by atoms with E-state index >= 15 is 0 Å². The molecule has 1 aromatic rings. The summed E-state index contributed by atoms with van der Waals surface area (Å²) in [7, 11) is 5.93. The Hall–Kier alpha value is 0.276. The summed E-state index contributed by atoms with van der Waals surface area (Å²) in [6, 6.07) is 8.78. The Bertz CT molecular complexity index is 273. The van der Waals surface area contributed by atoms with E-state index in [1.54, 1.807) is 0 Å². The lowest BCUT2D eigenvalue weighted by Crippen LogP contribution is -1.97. The van der Waals surface area contributed by atoms with E-state index in [9.17, 15) is 0 Å². The average molecular weight is 235 g/mol. The van der Waals surface area contributed by atoms with Crippen molar-refractivity contribution in [3.05, 3.63) is 35.4 Å². The fourth-order valence-electron chi connectivity index (χ4n) is 1.89. The van der Waals surface area contributed by atoms with E-state index in [0.717, 1.165) is 4.55 Å². The zero-order valence-corrected chi connectivity index (χ0v) is 11.8. The standard InChI is InChI=1S/C13H19.ClH.Mg/c1-3-4-5-6-10-13-11-8-7-9-12(13)2;;/h7-9,11H,2-6,10H2,1H3;1H;/q;;+1/p-1. The minimum atomic E-state index is -0.366. The normalized spacial score (nSPS) is 10.0. The van der Waals surface area contributed by atoms with Gasteiger partial charge in [0.05, 0.1) is 0 Å². The Morgan fingerprint density at radius 3 is 2.47 bits per heavy atom. The smallest absolute Gasteiger partial charge is 0.345 e. The maximum atomic E-state index is 5.93. The van der Waals surface area contributed by atoms with Crippen molar-refractivity contribution in [2.75, 3.05) is 0 Å². The first kappa shape index (κ1) is 13.3. The van der Waals surface area contributed by atoms with Gasteiger partial charge in [-0.05, 0) is 18.4 Å². The van der Waals surface area contributed by atoms with Gasteiger partial charge in [-0.1, -0.05) is 60.6 Å². The fraction of sp³-hybridized carbons (Fsp3) is 0.538. The van der Waals surface area contributed by atoms with Crippen LogP contribution in [0.4, 0.5) is 0 Å². The van der Waals surface area contributed by atoms with Crippen LogP contribution in [0, 0.1) is 0 Å². The molecule has 0 heterocycles. The molecule has 0 fully saturated rings. The highest BCUT2D eigenvalue weighted by Crippen LogP contribution is 2.13. The zero-order chi connectivity index (χ0) is 10.9. The summed E-state index contributed by atoms with van der Waals surface area (Å²) in [6.07, 6.45) is 6.61. The Kier molecular flexibility index (Phi) is 7.50. The quantitative estimate of drug-likeness (QED) is 0.491. The van der Waals surface area contributed by atoms with E-state index in [-0.39, 0.29) is 19.3 Å². The monoisotopic (exact) mass is 234 g/mol. The van der Waals surface area contributed by atoms with Crippen LogP contribution in [-0.4, -0.2) is 19.3 Å². The van der Waals surface area contributed by atoms with Crippen LogP contribution >= 0.6 is 9.07 Å². The van der Waals surface area contributed by atoms with Crippen LogP contribution in [0.2, 0.25) is 0 Å². The number of unbranched alkanes of at least 4 members (excludes halogenated alkanes) is 3. The van der Waals surface area contributed by atoms with Crippen molar-refractivity contribution in [3.63, 3.8) is 0 Å². The number of benzene rings is 1. The first-order valence-electron chi connectivity index (χ1n) is 6.01. The van der Waals surface area contributed by atoms with Crippen LogP contribution in [-0.2, 0) is 11.0 Å². The largest absolute Gasteiger partial charge is 0.505 e. The third-order valence-electron chi connectivity index (χ3n) is 2.78. The molecule has 0 atom stereocenters. The van der Waals surface area contributed by atoms with E-state index in [2.05, 4.69) is 31.2 Å². The predicted molar refractivity (Wildman–Crippen MR) is 69.6 cm³/mol. The van der Waals surface area contributed by atoms with Crippen molar-refractivity contribution in [1.82, 2.24) is 0 Å². The van der Waals surface area contributed by atoms with E-state index < -0.39 is 0 Å². The molecule has 0 radical (unpaired) electrons. The molecule has 0 saturated heterocycles. The Morgan fingerprint density at radius 2 is 1.80 bits per heavy atom. The first-order valence-corrected chi connectivity index (χ1v) is 9.15. The van der Waals surface area contributed by atoms with Gasteiger partial charge in [0.15, 0.2) is 0 Å². The molecular formula is C13H19ClMg. The second-order valence-electron chi connectivity index (χ2n) is 4.02. The van der Waals surface area contributed by atoms with Crippen LogP contribution < -0.4 is 0 Å². The second kappa shape index (κ2) is 8.43. The van der Waals surface area contributed by atoms with Crippen LogP contribution in [0.3, 0.4) is 0 Å². The van der Waals surface area contributed by atoms with Crippen molar-refractivity contribution in [1.29, 1.82) is 0 Å². The molecule has 1 rings (SSSR count). The molecule has 0 aliphatic carbocycles. The van der Waals surface area contributed by atoms with Crippen LogP contribution in [0.25, 0.3) is 0 Å². The summed E-state index contributed by atoms with van der Waals surface area (Å²) in [5, 5.41) is 0. The molecule has 0 aromatic heterocycles. The Labute approximate surface area is 107 Å². The molecule has 0 aliphatic heterocycles. The molecule has 2 heteroatoms. The van der Waals surface area contributed by atoms with Crippen LogP contribution in [0.5, 0.6) is 0 Å². The summed E-state index contributed by atoms with van der Waals surface area (Å²) >= 11 is -0.366. The molecule has 0 saturated carbocycles. The molecule has 80 valence electrons. The predicted octanol–water partition coefficient (Wildman–Crippen LogP) is 4.17. The van der Waals surface area contributed by atoms with Gasteiger partial charge in [0, 0.05) is 0 Å². The number of rotatable bonds is 7. The number of hydrogen-bond acceptors (Lipinski definition) is 0. The van der Waals surface area contributed by atoms with Crippen LogP contribution in [0.15, 0.2) is 24.3 Å². The van der Waals surface area contributed by atoms with Gasteiger partial charge >= 0.3 is 19.3 Å². The number of aryl methyl sites for hydroxylation is 1. The van der Waals surface area contributed by atoms with E-state index in [0.29, 0.717) is 0 Å². The summed E-state index contributed by atoms with van der Waals surface area (Å²) < 4.78 is 1.14. The van der Waals surface area contributed by atoms with Gasteiger partial charge in [0.25, 0.3) is 0 Å². The molecule has 0 N–H and O–H groups in total. The third-order valence-corrected chi connectivity index (χ3v) is 4.08. The number of hydrogen-bond donors (Lipinski definition) is 0. The highest BCUT2D eigenvalue weighted by Gasteiger charge is 2.02. The lowest BCUT2D eigenvalue weighted by Gasteiger charge is -2.07. The van der Waals surface area contributed by atoms with Gasteiger partial charge in [0.2, 0.25) is 0 Å². The highest BCUT2D eigenvalue weighted by atomic mass is 35.5. The summed E-state index contributed by atoms with van der Waals surface area (Å²) in [5.74, 6) is 0. The molecule has 0 spiro atoms. The molecular weight excluding hydrogens is 216 g/mol. The van der Waals surface area contributed by atoms with Gasteiger partial charge in [-0.3, -0.25) is 0 Å². The first-order chi connectivity index (χ1) is 7.38. The lowest BCUT2D eigenvalue weighted by atomic mass is 10.0. The summed E-state index contributed by atoms with van der Waals surface area (Å²) in [4.78, 5) is 0. The van der Waals surface area contributed by atoms with Gasteiger partial charge < -0.3 is 9.07 Å². The van der Waals surface area contributed by atoms with Crippen molar-refractivity contribution in [3.8, 4) is 0 Å². The van der Waals surface area contributed by atoms with E-state index in [1.807, 2.05) is 0 Å². The fourth-order valence-corrected chi connectivity index (χ4v) is 3.19. The van der Waals surface area contributed by atoms with Crippen LogP contribution in [0.1, 0.15) is 43.7 Å². The maximum absolute atomic E-state index is 5.93.